The van der Waals surface area contributed by atoms with E-state index < -0.39 is 33.7 Å². The van der Waals surface area contributed by atoms with Gasteiger partial charge >= 0.3 is 25.7 Å². The Balaban J connectivity index is 0.000000142. The Bertz CT molecular complexity index is 2780. The van der Waals surface area contributed by atoms with E-state index in [0.717, 1.165) is 27.6 Å². The molecule has 0 saturated heterocycles. The van der Waals surface area contributed by atoms with Crippen LogP contribution in [0.15, 0.2) is 207 Å². The number of rotatable bonds is 6. The maximum atomic E-state index is 12.8. The first-order valence-corrected chi connectivity index (χ1v) is 24.0. The summed E-state index contributed by atoms with van der Waals surface area (Å²) < 4.78 is 50.3. The van der Waals surface area contributed by atoms with Crippen molar-refractivity contribution in [2.24, 2.45) is 0 Å². The molecular formula is C51H42F4N6P2Ru+2. The van der Waals surface area contributed by atoms with Crippen LogP contribution in [0.5, 0.6) is 0 Å². The molecule has 10 aromatic rings. The van der Waals surface area contributed by atoms with E-state index in [-0.39, 0.29) is 25.2 Å². The molecule has 0 N–H and O–H groups in total. The molecule has 0 radical (unpaired) electrons. The molecule has 0 atom stereocenters. The molecule has 6 aromatic carbocycles. The Labute approximate surface area is 384 Å². The molecule has 0 unspecified atom stereocenters. The average Bonchev–Trinajstić information content (AvgIpc) is 4.03. The Kier molecular flexibility index (Phi) is 16.9. The molecule has 0 amide bonds. The van der Waals surface area contributed by atoms with Crippen LogP contribution in [0.4, 0.5) is 17.6 Å². The third-order valence-corrected chi connectivity index (χ3v) is 14.8. The number of nitrogens with zero attached hydrogens (tertiary/aromatic N) is 6. The number of alkyl halides is 3. The van der Waals surface area contributed by atoms with Gasteiger partial charge in [0.1, 0.15) is 5.69 Å². The van der Waals surface area contributed by atoms with E-state index in [0.29, 0.717) is 17.1 Å². The fourth-order valence-corrected chi connectivity index (χ4v) is 10.1. The molecule has 0 aliphatic heterocycles. The fourth-order valence-electron chi connectivity index (χ4n) is 6.67. The summed E-state index contributed by atoms with van der Waals surface area (Å²) in [5.74, 6) is -0.579. The van der Waals surface area contributed by atoms with Crippen LogP contribution in [0.2, 0.25) is 0 Å². The molecule has 10 rings (SSSR count). The van der Waals surface area contributed by atoms with E-state index in [4.69, 9.17) is 0 Å². The summed E-state index contributed by atoms with van der Waals surface area (Å²) in [5.41, 5.74) is 0.659. The summed E-state index contributed by atoms with van der Waals surface area (Å²) in [6.07, 6.45) is -1.26. The van der Waals surface area contributed by atoms with Crippen molar-refractivity contribution in [1.29, 1.82) is 0 Å². The number of halogens is 4. The molecule has 0 spiro atoms. The Hall–Kier alpha value is -6.24. The number of pyridine rings is 2. The zero-order chi connectivity index (χ0) is 44.0. The smallest absolute Gasteiger partial charge is 0.573 e. The average molecular weight is 978 g/mol. The Morgan fingerprint density at radius 1 is 0.438 bits per heavy atom. The van der Waals surface area contributed by atoms with Crippen LogP contribution in [0.25, 0.3) is 44.3 Å². The normalized spacial score (nSPS) is 10.8. The predicted octanol–water partition coefficient (Wildman–Crippen LogP) is 10.6. The molecule has 6 nitrogen and oxygen atoms in total. The van der Waals surface area contributed by atoms with Crippen LogP contribution in [0, 0.1) is 5.95 Å². The summed E-state index contributed by atoms with van der Waals surface area (Å²) in [6, 6.07) is 64.0. The van der Waals surface area contributed by atoms with Crippen molar-refractivity contribution in [3.8, 4) is 22.8 Å². The number of hydrogen-bond acceptors (Lipinski definition) is 4. The van der Waals surface area contributed by atoms with Crippen molar-refractivity contribution in [2.75, 3.05) is 13.3 Å². The number of benzene rings is 6. The van der Waals surface area contributed by atoms with E-state index in [1.165, 1.54) is 27.3 Å². The first-order chi connectivity index (χ1) is 30.7. The van der Waals surface area contributed by atoms with E-state index in [2.05, 4.69) is 165 Å². The molecule has 4 aromatic heterocycles. The summed E-state index contributed by atoms with van der Waals surface area (Å²) in [7, 11) is -1.09. The van der Waals surface area contributed by atoms with E-state index in [1.807, 2.05) is 42.5 Å². The standard InChI is InChI=1S/C13H7F3N3.2C13H13P.C12H7FN3.Ru/c14-13(15,16)11-7-10(18-19-11)12-9-4-2-1-3-8(9)5-6-17-12;2*1-14(12-8-4-2-5-9-12)13-10-6-3-7-11-13;13-11-7-10(15-16-11)12-9-4-2-1-3-8(9)5-6-14-12;/h1-7H;2*2-11H,1H3;1-7H;/q-1;;;-1;+2/p+2. The second kappa shape index (κ2) is 22.9. The van der Waals surface area contributed by atoms with Crippen LogP contribution >= 0.6 is 15.8 Å². The summed E-state index contributed by atoms with van der Waals surface area (Å²) in [5, 5.41) is 23.4. The van der Waals surface area contributed by atoms with Crippen molar-refractivity contribution in [3.63, 3.8) is 0 Å². The number of fused-ring (bicyclic) bond motifs is 2. The summed E-state index contributed by atoms with van der Waals surface area (Å²) in [4.78, 5) is 8.32. The van der Waals surface area contributed by atoms with Gasteiger partial charge in [-0.25, -0.2) is 0 Å². The Morgan fingerprint density at radius 2 is 0.781 bits per heavy atom. The van der Waals surface area contributed by atoms with Crippen molar-refractivity contribution in [1.82, 2.24) is 30.4 Å². The van der Waals surface area contributed by atoms with Gasteiger partial charge < -0.3 is 20.4 Å². The van der Waals surface area contributed by atoms with Gasteiger partial charge in [-0.05, 0) is 83.6 Å². The van der Waals surface area contributed by atoms with Crippen molar-refractivity contribution < 1.29 is 37.0 Å². The van der Waals surface area contributed by atoms with Crippen molar-refractivity contribution in [3.05, 3.63) is 218 Å². The molecule has 0 bridgehead atoms. The van der Waals surface area contributed by atoms with Gasteiger partial charge in [-0.3, -0.25) is 9.97 Å². The monoisotopic (exact) mass is 978 g/mol. The van der Waals surface area contributed by atoms with Crippen LogP contribution in [-0.2, 0) is 25.7 Å². The minimum atomic E-state index is -4.49. The third kappa shape index (κ3) is 12.5. The second-order valence-corrected chi connectivity index (χ2v) is 18.9. The topological polar surface area (TPSA) is 79.8 Å². The molecule has 64 heavy (non-hydrogen) atoms. The minimum absolute atomic E-state index is 0. The van der Waals surface area contributed by atoms with Gasteiger partial charge in [0, 0.05) is 23.2 Å². The molecular weight excluding hydrogens is 936 g/mol. The fraction of sp³-hybridized carbons (Fsp3) is 0.0588. The zero-order valence-electron chi connectivity index (χ0n) is 34.7. The van der Waals surface area contributed by atoms with Crippen LogP contribution in [0.3, 0.4) is 0 Å². The quantitative estimate of drug-likeness (QED) is 0.0938. The van der Waals surface area contributed by atoms with Gasteiger partial charge in [-0.1, -0.05) is 133 Å². The zero-order valence-corrected chi connectivity index (χ0v) is 38.4. The Morgan fingerprint density at radius 3 is 1.12 bits per heavy atom. The first kappa shape index (κ1) is 47.2. The second-order valence-electron chi connectivity index (χ2n) is 14.1. The number of hydrogen-bond donors (Lipinski definition) is 0. The van der Waals surface area contributed by atoms with Gasteiger partial charge in [0.05, 0.1) is 61.8 Å². The van der Waals surface area contributed by atoms with Gasteiger partial charge in [0.2, 0.25) is 0 Å². The molecule has 4 heterocycles. The molecule has 320 valence electrons. The molecule has 13 heteroatoms. The molecule has 0 saturated carbocycles. The van der Waals surface area contributed by atoms with E-state index in [1.54, 1.807) is 30.6 Å². The van der Waals surface area contributed by atoms with Crippen LogP contribution in [-0.4, -0.2) is 33.5 Å². The van der Waals surface area contributed by atoms with Crippen molar-refractivity contribution >= 4 is 58.6 Å². The van der Waals surface area contributed by atoms with Crippen LogP contribution < -0.4 is 31.4 Å². The van der Waals surface area contributed by atoms with Crippen LogP contribution in [0.1, 0.15) is 5.69 Å². The van der Waals surface area contributed by atoms with Gasteiger partial charge in [0.15, 0.2) is 5.95 Å². The minimum Gasteiger partial charge on any atom is -0.573 e. The molecule has 0 aliphatic carbocycles. The van der Waals surface area contributed by atoms with Gasteiger partial charge in [-0.2, -0.15) is 17.6 Å². The van der Waals surface area contributed by atoms with Crippen molar-refractivity contribution in [2.45, 2.75) is 6.18 Å². The van der Waals surface area contributed by atoms with E-state index in [9.17, 15) is 17.6 Å². The first-order valence-electron chi connectivity index (χ1n) is 20.0. The van der Waals surface area contributed by atoms with E-state index >= 15 is 0 Å². The SMILES string of the molecule is C[PH+](c1ccccc1)c1ccccc1.C[PH+](c1ccccc1)c1ccccc1.FC(F)(F)c1cc(-c2nccc3ccccc23)[n-]n1.Fc1cc(-c2nccc3ccccc23)[n-]n1.[Ru+2]. The maximum absolute atomic E-state index is 12.8. The number of aromatic nitrogens is 6. The van der Waals surface area contributed by atoms with Gasteiger partial charge in [0.25, 0.3) is 0 Å². The largest absolute Gasteiger partial charge is 2.00 e. The van der Waals surface area contributed by atoms with Gasteiger partial charge in [-0.15, -0.1) is 0 Å². The molecule has 0 fully saturated rings. The summed E-state index contributed by atoms with van der Waals surface area (Å²) in [6.45, 7) is 4.69. The predicted molar refractivity (Wildman–Crippen MR) is 254 cm³/mol. The third-order valence-electron chi connectivity index (χ3n) is 10.00. The molecule has 0 aliphatic rings. The summed E-state index contributed by atoms with van der Waals surface area (Å²) >= 11 is 0. The maximum Gasteiger partial charge on any atom is 2.00 e.